The third-order valence-corrected chi connectivity index (χ3v) is 3.19. The van der Waals surface area contributed by atoms with Crippen LogP contribution in [0.5, 0.6) is 0 Å². The number of benzene rings is 1. The van der Waals surface area contributed by atoms with Crippen molar-refractivity contribution in [2.75, 3.05) is 11.9 Å². The standard InChI is InChI=1S/C15H20FNO3/c1-15(2,3)20-14(19)17-11-6-10-4-9(8-18)5-12(10)13(16)7-11/h6-7,9,18H,4-5,8H2,1-3H3,(H,17,19). The molecule has 1 atom stereocenters. The molecule has 110 valence electrons. The van der Waals surface area contributed by atoms with Gasteiger partial charge in [0.2, 0.25) is 0 Å². The number of carbonyl (C=O) groups excluding carboxylic acids is 1. The maximum atomic E-state index is 14.0. The Bertz CT molecular complexity index is 523. The van der Waals surface area contributed by atoms with Crippen LogP contribution in [0.4, 0.5) is 14.9 Å². The molecule has 0 bridgehead atoms. The largest absolute Gasteiger partial charge is 0.444 e. The first-order valence-corrected chi connectivity index (χ1v) is 6.70. The van der Waals surface area contributed by atoms with Crippen LogP contribution in [-0.4, -0.2) is 23.4 Å². The third-order valence-electron chi connectivity index (χ3n) is 3.19. The lowest BCUT2D eigenvalue weighted by molar-refractivity contribution is 0.0636. The molecule has 0 aromatic heterocycles. The Morgan fingerprint density at radius 3 is 2.75 bits per heavy atom. The van der Waals surface area contributed by atoms with Crippen molar-refractivity contribution in [1.82, 2.24) is 0 Å². The average molecular weight is 281 g/mol. The minimum absolute atomic E-state index is 0.0446. The number of fused-ring (bicyclic) bond motifs is 1. The SMILES string of the molecule is CC(C)(C)OC(=O)Nc1cc(F)c2c(c1)CC(CO)C2. The number of hydrogen-bond donors (Lipinski definition) is 2. The smallest absolute Gasteiger partial charge is 0.412 e. The number of ether oxygens (including phenoxy) is 1. The highest BCUT2D eigenvalue weighted by Gasteiger charge is 2.25. The molecule has 0 fully saturated rings. The summed E-state index contributed by atoms with van der Waals surface area (Å²) in [6, 6.07) is 3.04. The zero-order valence-electron chi connectivity index (χ0n) is 12.0. The van der Waals surface area contributed by atoms with Crippen molar-refractivity contribution < 1.29 is 19.0 Å². The van der Waals surface area contributed by atoms with Gasteiger partial charge in [-0.05, 0) is 62.8 Å². The van der Waals surface area contributed by atoms with Crippen LogP contribution >= 0.6 is 0 Å². The highest BCUT2D eigenvalue weighted by Crippen LogP contribution is 2.31. The number of halogens is 1. The van der Waals surface area contributed by atoms with Crippen LogP contribution in [0.2, 0.25) is 0 Å². The van der Waals surface area contributed by atoms with Crippen LogP contribution in [0, 0.1) is 11.7 Å². The quantitative estimate of drug-likeness (QED) is 0.876. The van der Waals surface area contributed by atoms with Gasteiger partial charge < -0.3 is 9.84 Å². The van der Waals surface area contributed by atoms with Crippen molar-refractivity contribution in [1.29, 1.82) is 0 Å². The monoisotopic (exact) mass is 281 g/mol. The van der Waals surface area contributed by atoms with E-state index in [1.165, 1.54) is 6.07 Å². The van der Waals surface area contributed by atoms with Crippen molar-refractivity contribution in [2.45, 2.75) is 39.2 Å². The summed E-state index contributed by atoms with van der Waals surface area (Å²) in [5, 5.41) is 11.7. The Balaban J connectivity index is 2.12. The highest BCUT2D eigenvalue weighted by atomic mass is 19.1. The number of anilines is 1. The Morgan fingerprint density at radius 2 is 2.15 bits per heavy atom. The van der Waals surface area contributed by atoms with E-state index in [0.717, 1.165) is 5.56 Å². The average Bonchev–Trinajstić information content (AvgIpc) is 2.69. The molecule has 1 unspecified atom stereocenters. The fraction of sp³-hybridized carbons (Fsp3) is 0.533. The lowest BCUT2D eigenvalue weighted by atomic mass is 10.1. The summed E-state index contributed by atoms with van der Waals surface area (Å²) >= 11 is 0. The fourth-order valence-electron chi connectivity index (χ4n) is 2.40. The van der Waals surface area contributed by atoms with E-state index >= 15 is 0 Å². The molecule has 0 saturated heterocycles. The summed E-state index contributed by atoms with van der Waals surface area (Å²) < 4.78 is 19.1. The lowest BCUT2D eigenvalue weighted by Crippen LogP contribution is -2.27. The van der Waals surface area contributed by atoms with Gasteiger partial charge in [0, 0.05) is 12.3 Å². The molecular formula is C15H20FNO3. The molecule has 4 nitrogen and oxygen atoms in total. The molecule has 0 radical (unpaired) electrons. The van der Waals surface area contributed by atoms with Gasteiger partial charge in [0.15, 0.2) is 0 Å². The van der Waals surface area contributed by atoms with E-state index in [2.05, 4.69) is 5.32 Å². The van der Waals surface area contributed by atoms with Crippen molar-refractivity contribution >= 4 is 11.8 Å². The summed E-state index contributed by atoms with van der Waals surface area (Å²) in [5.74, 6) is -0.277. The maximum absolute atomic E-state index is 14.0. The minimum atomic E-state index is -0.603. The van der Waals surface area contributed by atoms with E-state index in [9.17, 15) is 9.18 Å². The van der Waals surface area contributed by atoms with E-state index in [0.29, 0.717) is 24.1 Å². The van der Waals surface area contributed by atoms with Crippen molar-refractivity contribution in [3.8, 4) is 0 Å². The summed E-state index contributed by atoms with van der Waals surface area (Å²) in [6.45, 7) is 5.34. The number of hydrogen-bond acceptors (Lipinski definition) is 3. The molecule has 2 N–H and O–H groups in total. The lowest BCUT2D eigenvalue weighted by Gasteiger charge is -2.20. The van der Waals surface area contributed by atoms with Gasteiger partial charge in [0.1, 0.15) is 11.4 Å². The number of rotatable bonds is 2. The van der Waals surface area contributed by atoms with Crippen LogP contribution in [-0.2, 0) is 17.6 Å². The van der Waals surface area contributed by atoms with Gasteiger partial charge in [0.05, 0.1) is 0 Å². The maximum Gasteiger partial charge on any atom is 0.412 e. The normalized spacial score (nSPS) is 17.8. The predicted octanol–water partition coefficient (Wildman–Crippen LogP) is 2.88. The second kappa shape index (κ2) is 5.40. The van der Waals surface area contributed by atoms with E-state index in [1.807, 2.05) is 0 Å². The number of carbonyl (C=O) groups is 1. The van der Waals surface area contributed by atoms with E-state index < -0.39 is 11.7 Å². The first-order chi connectivity index (χ1) is 9.28. The highest BCUT2D eigenvalue weighted by molar-refractivity contribution is 5.85. The van der Waals surface area contributed by atoms with Crippen molar-refractivity contribution in [3.05, 3.63) is 29.1 Å². The van der Waals surface area contributed by atoms with Crippen LogP contribution in [0.25, 0.3) is 0 Å². The summed E-state index contributed by atoms with van der Waals surface area (Å²) in [6.07, 6.45) is 0.574. The number of amides is 1. The molecule has 2 rings (SSSR count). The van der Waals surface area contributed by atoms with Crippen LogP contribution < -0.4 is 5.32 Å². The number of nitrogens with one attached hydrogen (secondary N) is 1. The Morgan fingerprint density at radius 1 is 1.45 bits per heavy atom. The molecule has 1 aliphatic rings. The minimum Gasteiger partial charge on any atom is -0.444 e. The summed E-state index contributed by atoms with van der Waals surface area (Å²) in [5.41, 5.74) is 1.27. The molecule has 1 amide bonds. The van der Waals surface area contributed by atoms with Gasteiger partial charge in [0.25, 0.3) is 0 Å². The van der Waals surface area contributed by atoms with Crippen LogP contribution in [0.3, 0.4) is 0 Å². The first kappa shape index (κ1) is 14.8. The zero-order chi connectivity index (χ0) is 14.9. The number of aliphatic hydroxyl groups is 1. The van der Waals surface area contributed by atoms with Gasteiger partial charge >= 0.3 is 6.09 Å². The molecule has 0 spiro atoms. The van der Waals surface area contributed by atoms with E-state index in [4.69, 9.17) is 9.84 Å². The van der Waals surface area contributed by atoms with Gasteiger partial charge in [-0.15, -0.1) is 0 Å². The first-order valence-electron chi connectivity index (χ1n) is 6.70. The second-order valence-corrected chi connectivity index (χ2v) is 6.18. The van der Waals surface area contributed by atoms with Gasteiger partial charge in [-0.1, -0.05) is 0 Å². The third kappa shape index (κ3) is 3.48. The number of aliphatic hydroxyl groups excluding tert-OH is 1. The fourth-order valence-corrected chi connectivity index (χ4v) is 2.40. The summed E-state index contributed by atoms with van der Waals surface area (Å²) in [7, 11) is 0. The Hall–Kier alpha value is -1.62. The molecule has 0 heterocycles. The van der Waals surface area contributed by atoms with Gasteiger partial charge in [-0.3, -0.25) is 5.32 Å². The molecular weight excluding hydrogens is 261 g/mol. The van der Waals surface area contributed by atoms with Crippen molar-refractivity contribution in [3.63, 3.8) is 0 Å². The predicted molar refractivity (Wildman–Crippen MR) is 74.2 cm³/mol. The van der Waals surface area contributed by atoms with Gasteiger partial charge in [-0.25, -0.2) is 9.18 Å². The molecule has 1 aromatic rings. The molecule has 0 aliphatic heterocycles. The Kier molecular flexibility index (Phi) is 3.99. The Labute approximate surface area is 117 Å². The second-order valence-electron chi connectivity index (χ2n) is 6.18. The van der Waals surface area contributed by atoms with E-state index in [-0.39, 0.29) is 18.3 Å². The van der Waals surface area contributed by atoms with Crippen molar-refractivity contribution in [2.24, 2.45) is 5.92 Å². The van der Waals surface area contributed by atoms with Crippen LogP contribution in [0.1, 0.15) is 31.9 Å². The molecule has 1 aliphatic carbocycles. The molecule has 0 saturated carbocycles. The zero-order valence-corrected chi connectivity index (χ0v) is 12.0. The topological polar surface area (TPSA) is 58.6 Å². The molecule has 1 aromatic carbocycles. The van der Waals surface area contributed by atoms with E-state index in [1.54, 1.807) is 26.8 Å². The molecule has 5 heteroatoms. The van der Waals surface area contributed by atoms with Crippen LogP contribution in [0.15, 0.2) is 12.1 Å². The van der Waals surface area contributed by atoms with Gasteiger partial charge in [-0.2, -0.15) is 0 Å². The molecule has 20 heavy (non-hydrogen) atoms. The summed E-state index contributed by atoms with van der Waals surface area (Å²) in [4.78, 5) is 11.7.